The third-order valence-corrected chi connectivity index (χ3v) is 3.98. The summed E-state index contributed by atoms with van der Waals surface area (Å²) < 4.78 is 11.1. The average molecular weight is 283 g/mol. The second-order valence-electron chi connectivity index (χ2n) is 5.09. The summed E-state index contributed by atoms with van der Waals surface area (Å²) in [6.45, 7) is 0.287. The predicted octanol–water partition coefficient (Wildman–Crippen LogP) is -1.25. The Morgan fingerprint density at radius 2 is 2.20 bits per heavy atom. The van der Waals surface area contributed by atoms with Crippen molar-refractivity contribution in [3.05, 3.63) is 12.2 Å². The average Bonchev–Trinajstić information content (AvgIpc) is 2.81. The molecule has 3 aliphatic heterocycles. The lowest BCUT2D eigenvalue weighted by Gasteiger charge is -2.29. The molecule has 0 aromatic heterocycles. The molecule has 3 aliphatic rings. The van der Waals surface area contributed by atoms with Crippen LogP contribution in [0.2, 0.25) is 0 Å². The second-order valence-corrected chi connectivity index (χ2v) is 5.09. The van der Waals surface area contributed by atoms with E-state index in [1.54, 1.807) is 12.2 Å². The van der Waals surface area contributed by atoms with Gasteiger partial charge in [-0.3, -0.25) is 9.59 Å². The highest BCUT2D eigenvalue weighted by atomic mass is 16.6. The summed E-state index contributed by atoms with van der Waals surface area (Å²) >= 11 is 0. The number of hydrogen-bond donors (Lipinski definition) is 3. The molecule has 3 N–H and O–H groups in total. The Balaban J connectivity index is 2.05. The number of nitrogens with one attached hydrogen (secondary N) is 1. The van der Waals surface area contributed by atoms with Crippen molar-refractivity contribution in [3.8, 4) is 0 Å². The fourth-order valence-electron chi connectivity index (χ4n) is 3.29. The number of rotatable bonds is 3. The molecule has 3 heterocycles. The Kier molecular flexibility index (Phi) is 2.80. The lowest BCUT2D eigenvalue weighted by Crippen LogP contribution is -2.52. The molecule has 0 aromatic rings. The molecular formula is C12H13NO7. The lowest BCUT2D eigenvalue weighted by atomic mass is 9.80. The number of carboxylic acid groups (broad SMARTS) is 2. The molecule has 8 heteroatoms. The summed E-state index contributed by atoms with van der Waals surface area (Å²) in [5.41, 5.74) is -1.61. The van der Waals surface area contributed by atoms with Gasteiger partial charge >= 0.3 is 11.9 Å². The molecular weight excluding hydrogens is 270 g/mol. The van der Waals surface area contributed by atoms with E-state index in [0.29, 0.717) is 0 Å². The van der Waals surface area contributed by atoms with Crippen LogP contribution in [0.5, 0.6) is 0 Å². The fraction of sp³-hybridized carbons (Fsp3) is 0.583. The van der Waals surface area contributed by atoms with E-state index >= 15 is 0 Å². The topological polar surface area (TPSA) is 122 Å². The van der Waals surface area contributed by atoms with Gasteiger partial charge in [-0.15, -0.1) is 0 Å². The van der Waals surface area contributed by atoms with Gasteiger partial charge in [0.05, 0.1) is 18.9 Å². The molecule has 2 fully saturated rings. The van der Waals surface area contributed by atoms with Crippen molar-refractivity contribution in [3.63, 3.8) is 0 Å². The molecule has 1 amide bonds. The van der Waals surface area contributed by atoms with Crippen LogP contribution in [0, 0.1) is 5.92 Å². The van der Waals surface area contributed by atoms with Gasteiger partial charge in [0, 0.05) is 0 Å². The van der Waals surface area contributed by atoms with Crippen LogP contribution in [0.4, 0.5) is 0 Å². The smallest absolute Gasteiger partial charge is 0.329 e. The van der Waals surface area contributed by atoms with E-state index in [0.717, 1.165) is 0 Å². The number of carboxylic acids is 2. The van der Waals surface area contributed by atoms with Crippen molar-refractivity contribution < 1.29 is 34.1 Å². The van der Waals surface area contributed by atoms with Crippen molar-refractivity contribution >= 4 is 17.8 Å². The Bertz CT molecular complexity index is 516. The van der Waals surface area contributed by atoms with E-state index in [-0.39, 0.29) is 6.61 Å². The van der Waals surface area contributed by atoms with Gasteiger partial charge in [0.1, 0.15) is 17.8 Å². The van der Waals surface area contributed by atoms with Crippen LogP contribution < -0.4 is 5.32 Å². The minimum absolute atomic E-state index is 0.287. The molecule has 0 aromatic carbocycles. The van der Waals surface area contributed by atoms with Crippen LogP contribution in [0.15, 0.2) is 12.2 Å². The number of aliphatic carboxylic acids is 2. The molecule has 20 heavy (non-hydrogen) atoms. The van der Waals surface area contributed by atoms with E-state index in [1.807, 2.05) is 0 Å². The third kappa shape index (κ3) is 1.65. The van der Waals surface area contributed by atoms with Crippen LogP contribution in [0.25, 0.3) is 0 Å². The van der Waals surface area contributed by atoms with Gasteiger partial charge in [-0.2, -0.15) is 0 Å². The van der Waals surface area contributed by atoms with Crippen molar-refractivity contribution in [2.24, 2.45) is 5.92 Å². The number of hydrogen-bond acceptors (Lipinski definition) is 5. The molecule has 8 nitrogen and oxygen atoms in total. The molecule has 5 atom stereocenters. The van der Waals surface area contributed by atoms with E-state index < -0.39 is 54.0 Å². The molecule has 0 radical (unpaired) electrons. The minimum atomic E-state index is -1.61. The molecule has 2 saturated heterocycles. The minimum Gasteiger partial charge on any atom is -0.481 e. The second kappa shape index (κ2) is 4.29. The Morgan fingerprint density at radius 3 is 2.85 bits per heavy atom. The van der Waals surface area contributed by atoms with Crippen molar-refractivity contribution in [2.45, 2.75) is 30.3 Å². The molecule has 0 bridgehead atoms. The maximum Gasteiger partial charge on any atom is 0.329 e. The first kappa shape index (κ1) is 13.1. The predicted molar refractivity (Wildman–Crippen MR) is 61.8 cm³/mol. The highest BCUT2D eigenvalue weighted by Crippen LogP contribution is 2.47. The van der Waals surface area contributed by atoms with E-state index in [2.05, 4.69) is 5.32 Å². The molecule has 0 spiro atoms. The highest BCUT2D eigenvalue weighted by Gasteiger charge is 2.69. The van der Waals surface area contributed by atoms with Gasteiger partial charge in [-0.25, -0.2) is 4.79 Å². The van der Waals surface area contributed by atoms with Crippen LogP contribution in [0.1, 0.15) is 6.42 Å². The van der Waals surface area contributed by atoms with Gasteiger partial charge < -0.3 is 25.0 Å². The van der Waals surface area contributed by atoms with Crippen LogP contribution in [0.3, 0.4) is 0 Å². The fourth-order valence-corrected chi connectivity index (χ4v) is 3.29. The lowest BCUT2D eigenvalue weighted by molar-refractivity contribution is -0.155. The maximum absolute atomic E-state index is 12.1. The number of carbonyl (C=O) groups excluding carboxylic acids is 1. The van der Waals surface area contributed by atoms with Crippen LogP contribution >= 0.6 is 0 Å². The zero-order valence-electron chi connectivity index (χ0n) is 10.3. The normalized spacial score (nSPS) is 41.9. The Labute approximate surface area is 113 Å². The third-order valence-electron chi connectivity index (χ3n) is 3.98. The first-order valence-electron chi connectivity index (χ1n) is 6.17. The summed E-state index contributed by atoms with van der Waals surface area (Å²) in [6, 6.07) is -1.39. The van der Waals surface area contributed by atoms with E-state index in [1.165, 1.54) is 0 Å². The molecule has 108 valence electrons. The summed E-state index contributed by atoms with van der Waals surface area (Å²) in [5.74, 6) is -4.01. The Morgan fingerprint density at radius 1 is 1.45 bits per heavy atom. The summed E-state index contributed by atoms with van der Waals surface area (Å²) in [4.78, 5) is 34.5. The summed E-state index contributed by atoms with van der Waals surface area (Å²) in [7, 11) is 0. The highest BCUT2D eigenvalue weighted by molar-refractivity contribution is 5.94. The van der Waals surface area contributed by atoms with Crippen molar-refractivity contribution in [1.29, 1.82) is 0 Å². The largest absolute Gasteiger partial charge is 0.481 e. The van der Waals surface area contributed by atoms with Crippen LogP contribution in [-0.2, 0) is 23.9 Å². The quantitative estimate of drug-likeness (QED) is 0.553. The van der Waals surface area contributed by atoms with Gasteiger partial charge in [-0.05, 0) is 0 Å². The van der Waals surface area contributed by atoms with E-state index in [4.69, 9.17) is 14.6 Å². The van der Waals surface area contributed by atoms with E-state index in [9.17, 15) is 19.5 Å². The van der Waals surface area contributed by atoms with Crippen molar-refractivity contribution in [2.75, 3.05) is 6.61 Å². The van der Waals surface area contributed by atoms with Crippen LogP contribution in [-0.4, -0.2) is 58.5 Å². The molecule has 3 rings (SSSR count). The zero-order chi connectivity index (χ0) is 14.5. The maximum atomic E-state index is 12.1. The molecule has 0 aliphatic carbocycles. The summed E-state index contributed by atoms with van der Waals surface area (Å²) in [6.07, 6.45) is 1.56. The standard InChI is InChI=1S/C12H13NO7/c14-6(15)4-12-7(10(16)13-9(12)11(17)18)8-5(20-12)2-1-3-19-8/h1-2,5,7-9H,3-4H2,(H,13,16)(H,14,15)(H,17,18)/t5-,7+,8+,9-,12+/m0/s1. The first-order valence-corrected chi connectivity index (χ1v) is 6.17. The number of amides is 1. The summed E-state index contributed by atoms with van der Waals surface area (Å²) in [5, 5.41) is 20.6. The van der Waals surface area contributed by atoms with Gasteiger partial charge in [0.2, 0.25) is 5.91 Å². The zero-order valence-corrected chi connectivity index (χ0v) is 10.3. The van der Waals surface area contributed by atoms with Gasteiger partial charge in [0.15, 0.2) is 6.04 Å². The number of ether oxygens (including phenoxy) is 2. The molecule has 0 unspecified atom stereocenters. The first-order chi connectivity index (χ1) is 9.45. The van der Waals surface area contributed by atoms with Gasteiger partial charge in [0.25, 0.3) is 0 Å². The van der Waals surface area contributed by atoms with Gasteiger partial charge in [-0.1, -0.05) is 12.2 Å². The number of carbonyl (C=O) groups is 3. The molecule has 0 saturated carbocycles. The van der Waals surface area contributed by atoms with Crippen molar-refractivity contribution in [1.82, 2.24) is 5.32 Å². The SMILES string of the molecule is O=C(O)C[C@@]12O[C@H]3C=CCO[C@H]3[C@@H]1C(=O)N[C@H]2C(=O)O. The monoisotopic (exact) mass is 283 g/mol. The Hall–Kier alpha value is -1.93. The number of fused-ring (bicyclic) bond motifs is 3.